The zero-order valence-corrected chi connectivity index (χ0v) is 7.19. The van der Waals surface area contributed by atoms with Gasteiger partial charge >= 0.3 is 0 Å². The maximum Gasteiger partial charge on any atom is 0.270 e. The molecule has 0 aliphatic carbocycles. The lowest BCUT2D eigenvalue weighted by Crippen LogP contribution is -2.15. The third-order valence-electron chi connectivity index (χ3n) is 2.07. The van der Waals surface area contributed by atoms with Crippen LogP contribution in [0.1, 0.15) is 5.69 Å². The van der Waals surface area contributed by atoms with Crippen LogP contribution in [0.3, 0.4) is 0 Å². The van der Waals surface area contributed by atoms with Gasteiger partial charge in [0.15, 0.2) is 0 Å². The van der Waals surface area contributed by atoms with Crippen LogP contribution in [-0.2, 0) is 0 Å². The minimum Gasteiger partial charge on any atom is -0.339 e. The van der Waals surface area contributed by atoms with Gasteiger partial charge in [-0.25, -0.2) is 4.98 Å². The van der Waals surface area contributed by atoms with Gasteiger partial charge in [0.05, 0.1) is 5.69 Å². The fraction of sp³-hybridized carbons (Fsp3) is 0.111. The molecule has 0 atom stereocenters. The molecule has 0 bridgehead atoms. The number of fused-ring (bicyclic) bond motifs is 1. The summed E-state index contributed by atoms with van der Waals surface area (Å²) in [6.07, 6.45) is 1.68. The number of hydrogen-bond acceptors (Lipinski definition) is 3. The van der Waals surface area contributed by atoms with Crippen molar-refractivity contribution < 1.29 is 0 Å². The van der Waals surface area contributed by atoms with Crippen LogP contribution < -0.4 is 11.4 Å². The molecule has 2 rings (SSSR count). The average molecular weight is 175 g/mol. The van der Waals surface area contributed by atoms with Crippen molar-refractivity contribution in [3.8, 4) is 11.3 Å². The Morgan fingerprint density at radius 2 is 2.15 bits per heavy atom. The molecule has 0 fully saturated rings. The van der Waals surface area contributed by atoms with Crippen molar-refractivity contribution in [1.82, 2.24) is 9.66 Å². The maximum absolute atomic E-state index is 10.9. The molecule has 0 saturated heterocycles. The van der Waals surface area contributed by atoms with Crippen molar-refractivity contribution in [3.63, 3.8) is 0 Å². The molecule has 4 heteroatoms. The number of pyridine rings is 2. The van der Waals surface area contributed by atoms with Gasteiger partial charge in [0.1, 0.15) is 0 Å². The Morgan fingerprint density at radius 3 is 2.92 bits per heavy atom. The smallest absolute Gasteiger partial charge is 0.270 e. The number of aromatic nitrogens is 2. The molecular formula is C9H9N3O. The quantitative estimate of drug-likeness (QED) is 0.588. The molecule has 0 aromatic carbocycles. The van der Waals surface area contributed by atoms with E-state index in [2.05, 4.69) is 4.98 Å². The first-order chi connectivity index (χ1) is 6.18. The highest BCUT2D eigenvalue weighted by Gasteiger charge is 2.07. The predicted octanol–water partition coefficient (Wildman–Crippen LogP) is 0.370. The first-order valence-corrected chi connectivity index (χ1v) is 3.92. The summed E-state index contributed by atoms with van der Waals surface area (Å²) in [5, 5.41) is 0. The number of nitrogens with two attached hydrogens (primary N) is 1. The lowest BCUT2D eigenvalue weighted by molar-refractivity contribution is 0.925. The molecule has 13 heavy (non-hydrogen) atoms. The Hall–Kier alpha value is -1.84. The van der Waals surface area contributed by atoms with E-state index in [1.165, 1.54) is 10.7 Å². The Bertz CT molecular complexity index is 475. The lowest BCUT2D eigenvalue weighted by Gasteiger charge is -2.10. The van der Waals surface area contributed by atoms with E-state index in [4.69, 9.17) is 5.84 Å². The fourth-order valence-corrected chi connectivity index (χ4v) is 1.29. The van der Waals surface area contributed by atoms with Crippen LogP contribution in [0.5, 0.6) is 0 Å². The van der Waals surface area contributed by atoms with Crippen LogP contribution >= 0.6 is 0 Å². The van der Waals surface area contributed by atoms with Crippen molar-refractivity contribution in [2.45, 2.75) is 6.92 Å². The molecule has 66 valence electrons. The summed E-state index contributed by atoms with van der Waals surface area (Å²) < 4.78 is 1.51. The molecule has 0 aromatic rings. The van der Waals surface area contributed by atoms with Crippen LogP contribution in [0.2, 0.25) is 0 Å². The van der Waals surface area contributed by atoms with E-state index in [1.54, 1.807) is 18.3 Å². The van der Waals surface area contributed by atoms with E-state index in [0.29, 0.717) is 5.69 Å². The largest absolute Gasteiger partial charge is 0.339 e. The van der Waals surface area contributed by atoms with Crippen LogP contribution in [0.25, 0.3) is 11.3 Å². The van der Waals surface area contributed by atoms with Gasteiger partial charge in [-0.2, -0.15) is 0 Å². The second-order valence-corrected chi connectivity index (χ2v) is 2.89. The van der Waals surface area contributed by atoms with Crippen molar-refractivity contribution in [3.05, 3.63) is 40.4 Å². The normalized spacial score (nSPS) is 10.5. The van der Waals surface area contributed by atoms with Gasteiger partial charge in [-0.15, -0.1) is 0 Å². The number of rotatable bonds is 0. The summed E-state index contributed by atoms with van der Waals surface area (Å²) in [4.78, 5) is 14.8. The molecule has 0 amide bonds. The first kappa shape index (κ1) is 7.79. The molecule has 2 N–H and O–H groups in total. The summed E-state index contributed by atoms with van der Waals surface area (Å²) in [6, 6.07) is 4.91. The number of hydrogen-bond donors (Lipinski definition) is 1. The highest BCUT2D eigenvalue weighted by Crippen LogP contribution is 2.19. The molecule has 4 nitrogen and oxygen atoms in total. The topological polar surface area (TPSA) is 60.9 Å². The third-order valence-corrected chi connectivity index (χ3v) is 2.07. The second kappa shape index (κ2) is 2.58. The minimum absolute atomic E-state index is 0.221. The van der Waals surface area contributed by atoms with Gasteiger partial charge in [-0.3, -0.25) is 9.47 Å². The Balaban J connectivity index is 2.87. The first-order valence-electron chi connectivity index (χ1n) is 3.92. The van der Waals surface area contributed by atoms with Crippen LogP contribution in [0.4, 0.5) is 0 Å². The molecule has 2 heterocycles. The Kier molecular flexibility index (Phi) is 1.55. The van der Waals surface area contributed by atoms with Crippen LogP contribution in [-0.4, -0.2) is 9.66 Å². The van der Waals surface area contributed by atoms with Crippen LogP contribution in [0.15, 0.2) is 29.2 Å². The standard InChI is InChI=1S/C9H9N3O/c1-6-7-2-3-9(13)11-8(7)4-5-12(6)10/h2-5H,10H2,1H3. The van der Waals surface area contributed by atoms with Crippen molar-refractivity contribution in [2.24, 2.45) is 0 Å². The fourth-order valence-electron chi connectivity index (χ4n) is 1.29. The highest BCUT2D eigenvalue weighted by atomic mass is 16.1. The highest BCUT2D eigenvalue weighted by molar-refractivity contribution is 5.62. The van der Waals surface area contributed by atoms with Gasteiger partial charge in [0.2, 0.25) is 0 Å². The second-order valence-electron chi connectivity index (χ2n) is 2.89. The predicted molar refractivity (Wildman–Crippen MR) is 50.0 cm³/mol. The Morgan fingerprint density at radius 1 is 1.38 bits per heavy atom. The monoisotopic (exact) mass is 175 g/mol. The molecule has 0 aromatic heterocycles. The molecule has 0 unspecified atom stereocenters. The van der Waals surface area contributed by atoms with Crippen LogP contribution in [0, 0.1) is 6.92 Å². The summed E-state index contributed by atoms with van der Waals surface area (Å²) in [6.45, 7) is 1.88. The third kappa shape index (κ3) is 1.16. The lowest BCUT2D eigenvalue weighted by atomic mass is 10.1. The van der Waals surface area contributed by atoms with Crippen molar-refractivity contribution in [2.75, 3.05) is 5.84 Å². The van der Waals surface area contributed by atoms with Gasteiger partial charge in [0, 0.05) is 23.5 Å². The van der Waals surface area contributed by atoms with Gasteiger partial charge in [0.25, 0.3) is 5.56 Å². The Labute approximate surface area is 75.0 Å². The molecular weight excluding hydrogens is 166 g/mol. The molecule has 0 saturated carbocycles. The molecule has 0 radical (unpaired) electrons. The van der Waals surface area contributed by atoms with Crippen molar-refractivity contribution >= 4 is 0 Å². The summed E-state index contributed by atoms with van der Waals surface area (Å²) in [5.74, 6) is 5.63. The van der Waals surface area contributed by atoms with E-state index in [-0.39, 0.29) is 5.56 Å². The van der Waals surface area contributed by atoms with E-state index in [9.17, 15) is 4.79 Å². The summed E-state index contributed by atoms with van der Waals surface area (Å²) in [5.41, 5.74) is 2.27. The van der Waals surface area contributed by atoms with E-state index < -0.39 is 0 Å². The number of nitrogens with zero attached hydrogens (tertiary/aromatic N) is 2. The van der Waals surface area contributed by atoms with E-state index in [0.717, 1.165) is 11.3 Å². The van der Waals surface area contributed by atoms with E-state index in [1.807, 2.05) is 6.92 Å². The molecule has 2 aliphatic rings. The minimum atomic E-state index is -0.221. The van der Waals surface area contributed by atoms with Gasteiger partial charge < -0.3 is 5.84 Å². The van der Waals surface area contributed by atoms with E-state index >= 15 is 0 Å². The zero-order chi connectivity index (χ0) is 9.42. The molecule has 2 aliphatic heterocycles. The SMILES string of the molecule is Cc1c2ccc(=O)nc-2ccn1N. The summed E-state index contributed by atoms with van der Waals surface area (Å²) >= 11 is 0. The van der Waals surface area contributed by atoms with Gasteiger partial charge in [-0.1, -0.05) is 0 Å². The number of nitrogen functional groups attached to an aromatic ring is 1. The maximum atomic E-state index is 10.9. The van der Waals surface area contributed by atoms with Crippen molar-refractivity contribution in [1.29, 1.82) is 0 Å². The molecule has 0 spiro atoms. The van der Waals surface area contributed by atoms with Gasteiger partial charge in [-0.05, 0) is 19.1 Å². The zero-order valence-electron chi connectivity index (χ0n) is 7.19. The summed E-state index contributed by atoms with van der Waals surface area (Å²) in [7, 11) is 0. The average Bonchev–Trinajstić information content (AvgIpc) is 2.12.